The monoisotopic (exact) mass is 376 g/mol. The number of carbonyl (C=O) groups is 2. The minimum absolute atomic E-state index is 0.0564. The number of nitrogens with zero attached hydrogens (tertiary/aromatic N) is 1. The van der Waals surface area contributed by atoms with Crippen LogP contribution in [0.4, 0.5) is 5.69 Å². The quantitative estimate of drug-likeness (QED) is 0.713. The maximum atomic E-state index is 12.6. The van der Waals surface area contributed by atoms with Gasteiger partial charge in [-0.2, -0.15) is 0 Å². The smallest absolute Gasteiger partial charge is 0.349 e. The molecule has 0 spiro atoms. The number of benzene rings is 2. The Morgan fingerprint density at radius 2 is 1.86 bits per heavy atom. The van der Waals surface area contributed by atoms with Gasteiger partial charge in [-0.3, -0.25) is 9.59 Å². The Hall–Kier alpha value is -3.41. The lowest BCUT2D eigenvalue weighted by Gasteiger charge is -2.18. The molecule has 0 radical (unpaired) electrons. The second-order valence-corrected chi connectivity index (χ2v) is 7.13. The number of nitrogens with one attached hydrogen (secondary N) is 1. The second kappa shape index (κ2) is 6.96. The van der Waals surface area contributed by atoms with Gasteiger partial charge in [0.1, 0.15) is 11.1 Å². The third-order valence-corrected chi connectivity index (χ3v) is 5.15. The number of rotatable bonds is 3. The molecule has 1 atom stereocenters. The molecule has 2 heterocycles. The first-order chi connectivity index (χ1) is 13.4. The van der Waals surface area contributed by atoms with Crippen molar-refractivity contribution in [3.8, 4) is 0 Å². The summed E-state index contributed by atoms with van der Waals surface area (Å²) in [4.78, 5) is 38.9. The molecule has 2 amide bonds. The topological polar surface area (TPSA) is 79.6 Å². The summed E-state index contributed by atoms with van der Waals surface area (Å²) >= 11 is 0. The second-order valence-electron chi connectivity index (χ2n) is 7.13. The van der Waals surface area contributed by atoms with Crippen molar-refractivity contribution in [2.45, 2.75) is 26.3 Å². The Balaban J connectivity index is 1.53. The minimum Gasteiger partial charge on any atom is -0.422 e. The predicted molar refractivity (Wildman–Crippen MR) is 107 cm³/mol. The third kappa shape index (κ3) is 3.29. The molecule has 0 bridgehead atoms. The minimum atomic E-state index is -0.688. The number of para-hydroxylation sites is 1. The Kier molecular flexibility index (Phi) is 4.47. The van der Waals surface area contributed by atoms with Crippen LogP contribution < -0.4 is 15.8 Å². The van der Waals surface area contributed by atoms with E-state index in [1.54, 1.807) is 29.2 Å². The lowest BCUT2D eigenvalue weighted by molar-refractivity contribution is -0.117. The van der Waals surface area contributed by atoms with Crippen LogP contribution in [0.15, 0.2) is 57.7 Å². The number of fused-ring (bicyclic) bond motifs is 1. The van der Waals surface area contributed by atoms with Gasteiger partial charge in [-0.25, -0.2) is 4.79 Å². The van der Waals surface area contributed by atoms with E-state index in [1.807, 2.05) is 32.0 Å². The number of amides is 2. The molecule has 6 heteroatoms. The molecule has 1 fully saturated rings. The van der Waals surface area contributed by atoms with E-state index in [0.717, 1.165) is 16.8 Å². The van der Waals surface area contributed by atoms with Crippen LogP contribution in [0.1, 0.15) is 27.9 Å². The van der Waals surface area contributed by atoms with E-state index in [4.69, 9.17) is 4.42 Å². The van der Waals surface area contributed by atoms with Crippen LogP contribution in [-0.2, 0) is 4.79 Å². The summed E-state index contributed by atoms with van der Waals surface area (Å²) in [6.45, 7) is 4.38. The highest BCUT2D eigenvalue weighted by atomic mass is 16.4. The lowest BCUT2D eigenvalue weighted by Crippen LogP contribution is -2.39. The highest BCUT2D eigenvalue weighted by Gasteiger charge is 2.32. The van der Waals surface area contributed by atoms with Gasteiger partial charge >= 0.3 is 5.63 Å². The average Bonchev–Trinajstić information content (AvgIpc) is 3.03. The fraction of sp³-hybridized carbons (Fsp3) is 0.227. The van der Waals surface area contributed by atoms with Crippen LogP contribution in [0.25, 0.3) is 11.0 Å². The maximum absolute atomic E-state index is 12.6. The van der Waals surface area contributed by atoms with E-state index in [9.17, 15) is 14.4 Å². The Bertz CT molecular complexity index is 1150. The van der Waals surface area contributed by atoms with Crippen molar-refractivity contribution in [2.75, 3.05) is 11.4 Å². The van der Waals surface area contributed by atoms with E-state index in [1.165, 1.54) is 6.07 Å². The van der Waals surface area contributed by atoms with Gasteiger partial charge in [0.15, 0.2) is 0 Å². The molecule has 1 aliphatic heterocycles. The fourth-order valence-electron chi connectivity index (χ4n) is 3.43. The van der Waals surface area contributed by atoms with Crippen molar-refractivity contribution in [1.29, 1.82) is 0 Å². The van der Waals surface area contributed by atoms with E-state index < -0.39 is 11.5 Å². The van der Waals surface area contributed by atoms with Crippen molar-refractivity contribution in [1.82, 2.24) is 5.32 Å². The zero-order chi connectivity index (χ0) is 19.8. The summed E-state index contributed by atoms with van der Waals surface area (Å²) < 4.78 is 5.22. The van der Waals surface area contributed by atoms with Crippen molar-refractivity contribution < 1.29 is 14.0 Å². The van der Waals surface area contributed by atoms with E-state index in [-0.39, 0.29) is 23.9 Å². The predicted octanol–water partition coefficient (Wildman–Crippen LogP) is 2.95. The molecule has 28 heavy (non-hydrogen) atoms. The summed E-state index contributed by atoms with van der Waals surface area (Å²) in [5, 5.41) is 3.47. The summed E-state index contributed by atoms with van der Waals surface area (Å²) in [7, 11) is 0. The molecule has 3 aromatic rings. The molecule has 1 saturated heterocycles. The Morgan fingerprint density at radius 1 is 1.07 bits per heavy atom. The highest BCUT2D eigenvalue weighted by molar-refractivity contribution is 6.00. The summed E-state index contributed by atoms with van der Waals surface area (Å²) in [5.74, 6) is -0.585. The van der Waals surface area contributed by atoms with E-state index >= 15 is 0 Å². The first-order valence-electron chi connectivity index (χ1n) is 9.14. The number of hydrogen-bond acceptors (Lipinski definition) is 4. The molecule has 4 rings (SSSR count). The van der Waals surface area contributed by atoms with Gasteiger partial charge in [0, 0.05) is 24.0 Å². The molecule has 6 nitrogen and oxygen atoms in total. The van der Waals surface area contributed by atoms with Gasteiger partial charge in [-0.15, -0.1) is 0 Å². The fourth-order valence-corrected chi connectivity index (χ4v) is 3.43. The van der Waals surface area contributed by atoms with Gasteiger partial charge in [-0.1, -0.05) is 24.3 Å². The van der Waals surface area contributed by atoms with Crippen LogP contribution in [0.5, 0.6) is 0 Å². The van der Waals surface area contributed by atoms with E-state index in [0.29, 0.717) is 17.5 Å². The van der Waals surface area contributed by atoms with Crippen molar-refractivity contribution >= 4 is 28.5 Å². The van der Waals surface area contributed by atoms with Crippen LogP contribution in [0.3, 0.4) is 0 Å². The molecule has 1 aliphatic rings. The first kappa shape index (κ1) is 18.0. The average molecular weight is 376 g/mol. The highest BCUT2D eigenvalue weighted by Crippen LogP contribution is 2.24. The van der Waals surface area contributed by atoms with Gasteiger partial charge in [0.2, 0.25) is 5.91 Å². The normalized spacial score (nSPS) is 16.6. The number of hydrogen-bond donors (Lipinski definition) is 1. The van der Waals surface area contributed by atoms with Gasteiger partial charge in [0.25, 0.3) is 5.91 Å². The van der Waals surface area contributed by atoms with E-state index in [2.05, 4.69) is 5.32 Å². The number of anilines is 1. The van der Waals surface area contributed by atoms with Gasteiger partial charge in [0.05, 0.1) is 6.04 Å². The molecular formula is C22H20N2O4. The first-order valence-corrected chi connectivity index (χ1v) is 9.14. The summed E-state index contributed by atoms with van der Waals surface area (Å²) in [5.41, 5.74) is 2.76. The standard InChI is InChI=1S/C22H20N2O4/c1-13-7-8-17(9-14(13)2)24-12-16(11-20(24)25)23-21(26)18-10-15-5-3-4-6-19(15)28-22(18)27/h3-10,16H,11-12H2,1-2H3,(H,23,26)/t16-/m1/s1. The molecule has 1 N–H and O–H groups in total. The summed E-state index contributed by atoms with van der Waals surface area (Å²) in [6, 6.07) is 14.0. The maximum Gasteiger partial charge on any atom is 0.349 e. The van der Waals surface area contributed by atoms with Crippen molar-refractivity contribution in [3.05, 3.63) is 75.6 Å². The number of aryl methyl sites for hydroxylation is 2. The zero-order valence-corrected chi connectivity index (χ0v) is 15.7. The van der Waals surface area contributed by atoms with Gasteiger partial charge < -0.3 is 14.6 Å². The third-order valence-electron chi connectivity index (χ3n) is 5.15. The lowest BCUT2D eigenvalue weighted by atomic mass is 10.1. The summed E-state index contributed by atoms with van der Waals surface area (Å²) in [6.07, 6.45) is 0.192. The van der Waals surface area contributed by atoms with Crippen LogP contribution in [0, 0.1) is 13.8 Å². The Morgan fingerprint density at radius 3 is 2.64 bits per heavy atom. The SMILES string of the molecule is Cc1ccc(N2C[C@H](NC(=O)c3cc4ccccc4oc3=O)CC2=O)cc1C. The molecule has 0 saturated carbocycles. The van der Waals surface area contributed by atoms with Crippen molar-refractivity contribution in [2.24, 2.45) is 0 Å². The molecule has 2 aromatic carbocycles. The zero-order valence-electron chi connectivity index (χ0n) is 15.7. The molecule has 0 unspecified atom stereocenters. The number of carbonyl (C=O) groups excluding carboxylic acids is 2. The molecular weight excluding hydrogens is 356 g/mol. The van der Waals surface area contributed by atoms with Crippen LogP contribution in [0.2, 0.25) is 0 Å². The molecule has 142 valence electrons. The molecule has 1 aromatic heterocycles. The van der Waals surface area contributed by atoms with Crippen LogP contribution in [-0.4, -0.2) is 24.4 Å². The Labute approximate surface area is 161 Å². The van der Waals surface area contributed by atoms with Crippen LogP contribution >= 0.6 is 0 Å². The largest absolute Gasteiger partial charge is 0.422 e. The molecule has 0 aliphatic carbocycles. The van der Waals surface area contributed by atoms with Crippen molar-refractivity contribution in [3.63, 3.8) is 0 Å². The van der Waals surface area contributed by atoms with Gasteiger partial charge in [-0.05, 0) is 49.2 Å².